The van der Waals surface area contributed by atoms with E-state index in [1.54, 1.807) is 13.8 Å². The summed E-state index contributed by atoms with van der Waals surface area (Å²) in [5, 5.41) is 2.47. The normalized spacial score (nSPS) is 12.3. The molecule has 1 aromatic carbocycles. The molecule has 1 aromatic rings. The first-order valence-corrected chi connectivity index (χ1v) is 6.04. The predicted molar refractivity (Wildman–Crippen MR) is 66.3 cm³/mol. The number of amides is 1. The Morgan fingerprint density at radius 3 is 2.33 bits per heavy atom. The van der Waals surface area contributed by atoms with Gasteiger partial charge >= 0.3 is 6.18 Å². The minimum Gasteiger partial charge on any atom is -0.351 e. The van der Waals surface area contributed by atoms with Crippen LogP contribution in [0.3, 0.4) is 0 Å². The van der Waals surface area contributed by atoms with Gasteiger partial charge in [0.05, 0.1) is 9.89 Å². The second-order valence-electron chi connectivity index (χ2n) is 4.31. The fourth-order valence-corrected chi connectivity index (χ4v) is 1.48. The summed E-state index contributed by atoms with van der Waals surface area (Å²) >= 11 is 3.14. The van der Waals surface area contributed by atoms with Gasteiger partial charge in [0.25, 0.3) is 0 Å². The van der Waals surface area contributed by atoms with Crippen molar-refractivity contribution in [3.8, 4) is 0 Å². The van der Waals surface area contributed by atoms with Crippen LogP contribution >= 0.6 is 15.9 Å². The number of carbonyl (C=O) groups excluding carboxylic acids is 1. The molecule has 0 aliphatic heterocycles. The highest BCUT2D eigenvalue weighted by atomic mass is 79.9. The molecule has 0 saturated heterocycles. The summed E-state index contributed by atoms with van der Waals surface area (Å²) in [5.41, 5.74) is -0.673. The van der Waals surface area contributed by atoms with Gasteiger partial charge in [0.1, 0.15) is 0 Å². The van der Waals surface area contributed by atoms with E-state index < -0.39 is 16.1 Å². The zero-order valence-electron chi connectivity index (χ0n) is 9.94. The van der Waals surface area contributed by atoms with Gasteiger partial charge in [-0.2, -0.15) is 13.2 Å². The number of benzene rings is 1. The average molecular weight is 324 g/mol. The van der Waals surface area contributed by atoms with Crippen molar-refractivity contribution in [3.05, 3.63) is 35.4 Å². The van der Waals surface area contributed by atoms with Crippen molar-refractivity contribution >= 4 is 21.8 Å². The van der Waals surface area contributed by atoms with Crippen molar-refractivity contribution in [2.45, 2.75) is 30.9 Å². The van der Waals surface area contributed by atoms with Gasteiger partial charge < -0.3 is 5.32 Å². The van der Waals surface area contributed by atoms with Gasteiger partial charge in [-0.05, 0) is 25.5 Å². The summed E-state index contributed by atoms with van der Waals surface area (Å²) in [5.74, 6) is -0.362. The minimum atomic E-state index is -4.41. The number of nitrogens with one attached hydrogen (secondary N) is 1. The number of alkyl halides is 4. The Morgan fingerprint density at radius 2 is 1.83 bits per heavy atom. The molecule has 0 saturated carbocycles. The Labute approximate surface area is 112 Å². The van der Waals surface area contributed by atoms with Crippen LogP contribution in [0.2, 0.25) is 0 Å². The zero-order chi connectivity index (χ0) is 14.0. The van der Waals surface area contributed by atoms with Gasteiger partial charge in [0.2, 0.25) is 5.91 Å². The van der Waals surface area contributed by atoms with Crippen LogP contribution in [0, 0.1) is 0 Å². The third-order valence-electron chi connectivity index (χ3n) is 2.30. The van der Waals surface area contributed by atoms with E-state index in [1.165, 1.54) is 18.2 Å². The van der Waals surface area contributed by atoms with E-state index in [1.807, 2.05) is 0 Å². The molecule has 0 atom stereocenters. The second kappa shape index (κ2) is 5.30. The Kier molecular flexibility index (Phi) is 4.42. The fraction of sp³-hybridized carbons (Fsp3) is 0.417. The Hall–Kier alpha value is -1.04. The molecule has 0 bridgehead atoms. The molecule has 6 heteroatoms. The van der Waals surface area contributed by atoms with E-state index in [0.717, 1.165) is 6.07 Å². The number of hydrogen-bond donors (Lipinski definition) is 1. The predicted octanol–water partition coefficient (Wildman–Crippen LogP) is 3.50. The Balaban J connectivity index is 2.84. The topological polar surface area (TPSA) is 29.1 Å². The molecule has 1 N–H and O–H groups in total. The van der Waals surface area contributed by atoms with Gasteiger partial charge in [-0.1, -0.05) is 34.1 Å². The first kappa shape index (κ1) is 15.0. The minimum absolute atomic E-state index is 0.0510. The maximum atomic E-state index is 12.7. The molecule has 0 heterocycles. The second-order valence-corrected chi connectivity index (χ2v) is 6.29. The van der Waals surface area contributed by atoms with Crippen molar-refractivity contribution < 1.29 is 18.0 Å². The molecule has 0 aliphatic rings. The van der Waals surface area contributed by atoms with E-state index in [0.29, 0.717) is 0 Å². The average Bonchev–Trinajstić information content (AvgIpc) is 2.23. The van der Waals surface area contributed by atoms with Gasteiger partial charge in [-0.15, -0.1) is 0 Å². The number of carbonyl (C=O) groups is 1. The number of halogens is 4. The van der Waals surface area contributed by atoms with Crippen LogP contribution in [-0.4, -0.2) is 10.2 Å². The Bertz CT molecular complexity index is 438. The molecule has 0 spiro atoms. The van der Waals surface area contributed by atoms with Crippen LogP contribution in [0.15, 0.2) is 24.3 Å². The van der Waals surface area contributed by atoms with E-state index in [4.69, 9.17) is 0 Å². The summed E-state index contributed by atoms with van der Waals surface area (Å²) in [4.78, 5) is 11.6. The van der Waals surface area contributed by atoms with E-state index in [9.17, 15) is 18.0 Å². The van der Waals surface area contributed by atoms with Crippen LogP contribution in [-0.2, 0) is 17.5 Å². The van der Waals surface area contributed by atoms with Crippen LogP contribution in [0.5, 0.6) is 0 Å². The summed E-state index contributed by atoms with van der Waals surface area (Å²) < 4.78 is 37.2. The zero-order valence-corrected chi connectivity index (χ0v) is 11.5. The molecule has 18 heavy (non-hydrogen) atoms. The lowest BCUT2D eigenvalue weighted by Crippen LogP contribution is -2.37. The molecule has 2 nitrogen and oxygen atoms in total. The van der Waals surface area contributed by atoms with Crippen LogP contribution < -0.4 is 5.32 Å². The molecule has 0 radical (unpaired) electrons. The largest absolute Gasteiger partial charge is 0.416 e. The molecule has 0 aliphatic carbocycles. The molecular formula is C12H13BrF3NO. The number of hydrogen-bond acceptors (Lipinski definition) is 1. The first-order chi connectivity index (χ1) is 8.12. The van der Waals surface area contributed by atoms with E-state index in [-0.39, 0.29) is 18.0 Å². The van der Waals surface area contributed by atoms with Crippen LogP contribution in [0.1, 0.15) is 25.0 Å². The first-order valence-electron chi connectivity index (χ1n) is 5.24. The van der Waals surface area contributed by atoms with Crippen molar-refractivity contribution in [1.29, 1.82) is 0 Å². The highest BCUT2D eigenvalue weighted by Gasteiger charge is 2.33. The summed E-state index contributed by atoms with van der Waals surface area (Å²) in [6, 6.07) is 5.18. The van der Waals surface area contributed by atoms with Crippen LogP contribution in [0.4, 0.5) is 13.2 Å². The number of rotatable bonds is 3. The summed E-state index contributed by atoms with van der Waals surface area (Å²) in [7, 11) is 0. The lowest BCUT2D eigenvalue weighted by Gasteiger charge is -2.17. The maximum Gasteiger partial charge on any atom is 0.416 e. The SMILES string of the molecule is CC(C)(Br)C(=O)NCc1ccccc1C(F)(F)F. The van der Waals surface area contributed by atoms with E-state index in [2.05, 4.69) is 21.2 Å². The summed E-state index contributed by atoms with van der Waals surface area (Å²) in [6.45, 7) is 3.10. The van der Waals surface area contributed by atoms with Crippen molar-refractivity contribution in [2.24, 2.45) is 0 Å². The highest BCUT2D eigenvalue weighted by molar-refractivity contribution is 9.10. The fourth-order valence-electron chi connectivity index (χ4n) is 1.34. The Morgan fingerprint density at radius 1 is 1.28 bits per heavy atom. The lowest BCUT2D eigenvalue weighted by molar-refractivity contribution is -0.138. The van der Waals surface area contributed by atoms with Gasteiger partial charge in [0, 0.05) is 6.54 Å². The van der Waals surface area contributed by atoms with Gasteiger partial charge in [-0.3, -0.25) is 4.79 Å². The van der Waals surface area contributed by atoms with Gasteiger partial charge in [-0.25, -0.2) is 0 Å². The molecule has 0 unspecified atom stereocenters. The third-order valence-corrected chi connectivity index (χ3v) is 2.66. The van der Waals surface area contributed by atoms with Crippen molar-refractivity contribution in [3.63, 3.8) is 0 Å². The molecular weight excluding hydrogens is 311 g/mol. The lowest BCUT2D eigenvalue weighted by atomic mass is 10.1. The standard InChI is InChI=1S/C12H13BrF3NO/c1-11(2,13)10(18)17-7-8-5-3-4-6-9(8)12(14,15)16/h3-6H,7H2,1-2H3,(H,17,18). The molecule has 1 rings (SSSR count). The molecule has 0 aromatic heterocycles. The molecule has 1 amide bonds. The molecule has 100 valence electrons. The smallest absolute Gasteiger partial charge is 0.351 e. The van der Waals surface area contributed by atoms with Crippen LogP contribution in [0.25, 0.3) is 0 Å². The maximum absolute atomic E-state index is 12.7. The van der Waals surface area contributed by atoms with Crippen molar-refractivity contribution in [1.82, 2.24) is 5.32 Å². The molecule has 0 fully saturated rings. The summed E-state index contributed by atoms with van der Waals surface area (Å²) in [6.07, 6.45) is -4.41. The quantitative estimate of drug-likeness (QED) is 0.847. The van der Waals surface area contributed by atoms with E-state index >= 15 is 0 Å². The highest BCUT2D eigenvalue weighted by Crippen LogP contribution is 2.31. The van der Waals surface area contributed by atoms with Gasteiger partial charge in [0.15, 0.2) is 0 Å². The monoisotopic (exact) mass is 323 g/mol. The third kappa shape index (κ3) is 4.01. The van der Waals surface area contributed by atoms with Crippen molar-refractivity contribution in [2.75, 3.05) is 0 Å².